The molecule has 1 aliphatic heterocycles. The fourth-order valence-electron chi connectivity index (χ4n) is 4.47. The summed E-state index contributed by atoms with van der Waals surface area (Å²) in [5.74, 6) is -0.0892. The van der Waals surface area contributed by atoms with Gasteiger partial charge in [0, 0.05) is 13.0 Å². The third-order valence-electron chi connectivity index (χ3n) is 6.30. The van der Waals surface area contributed by atoms with Gasteiger partial charge in [-0.15, -0.1) is 0 Å². The summed E-state index contributed by atoms with van der Waals surface area (Å²) in [7, 11) is 0. The Kier molecular flexibility index (Phi) is 7.83. The standard InChI is InChI=1S/C29H31NO5/c1-3-34-25-6-4-5-24(17-25)28-26(35-19-22-11-13-23(14-12-22)29(32)33)15-16-27(31)30(28)18-21-9-7-20(2)8-10-21/h4-14,17,26,28H,3,15-16,18-19H2,1-2H3,(H,32,33)/t26-,28+/m0/s1. The molecule has 1 N–H and O–H groups in total. The molecule has 0 bridgehead atoms. The van der Waals surface area contributed by atoms with E-state index in [2.05, 4.69) is 24.3 Å². The average Bonchev–Trinajstić information content (AvgIpc) is 2.86. The molecule has 1 amide bonds. The molecule has 3 aromatic carbocycles. The fourth-order valence-corrected chi connectivity index (χ4v) is 4.47. The molecule has 182 valence electrons. The first kappa shape index (κ1) is 24.5. The highest BCUT2D eigenvalue weighted by molar-refractivity contribution is 5.87. The number of nitrogens with zero attached hydrogens (tertiary/aromatic N) is 1. The van der Waals surface area contributed by atoms with E-state index in [-0.39, 0.29) is 23.6 Å². The molecule has 2 atom stereocenters. The summed E-state index contributed by atoms with van der Waals surface area (Å²) in [5, 5.41) is 9.14. The number of amides is 1. The van der Waals surface area contributed by atoms with Crippen LogP contribution in [0.15, 0.2) is 72.8 Å². The maximum Gasteiger partial charge on any atom is 0.335 e. The van der Waals surface area contributed by atoms with Crippen LogP contribution in [-0.4, -0.2) is 34.6 Å². The van der Waals surface area contributed by atoms with E-state index in [1.54, 1.807) is 24.3 Å². The smallest absolute Gasteiger partial charge is 0.335 e. The molecule has 0 aromatic heterocycles. The Morgan fingerprint density at radius 3 is 2.43 bits per heavy atom. The predicted molar refractivity (Wildman–Crippen MR) is 133 cm³/mol. The molecule has 1 aliphatic rings. The number of hydrogen-bond donors (Lipinski definition) is 1. The summed E-state index contributed by atoms with van der Waals surface area (Å²) in [6.45, 7) is 5.38. The van der Waals surface area contributed by atoms with Crippen molar-refractivity contribution in [2.75, 3.05) is 6.61 Å². The summed E-state index contributed by atoms with van der Waals surface area (Å²) in [6, 6.07) is 22.6. The van der Waals surface area contributed by atoms with Crippen molar-refractivity contribution in [3.05, 3.63) is 101 Å². The summed E-state index contributed by atoms with van der Waals surface area (Å²) < 4.78 is 12.1. The van der Waals surface area contributed by atoms with Crippen LogP contribution in [0.1, 0.15) is 58.4 Å². The number of carbonyl (C=O) groups is 2. The molecule has 6 heteroatoms. The zero-order chi connectivity index (χ0) is 24.8. The van der Waals surface area contributed by atoms with Crippen molar-refractivity contribution < 1.29 is 24.2 Å². The Morgan fingerprint density at radius 2 is 1.74 bits per heavy atom. The SMILES string of the molecule is CCOc1cccc([C@@H]2[C@@H](OCc3ccc(C(=O)O)cc3)CCC(=O)N2Cc2ccc(C)cc2)c1. The number of hydrogen-bond acceptors (Lipinski definition) is 4. The number of aromatic carboxylic acids is 1. The second-order valence-corrected chi connectivity index (χ2v) is 8.85. The van der Waals surface area contributed by atoms with Gasteiger partial charge in [0.2, 0.25) is 5.91 Å². The minimum absolute atomic E-state index is 0.100. The first-order valence-electron chi connectivity index (χ1n) is 12.0. The van der Waals surface area contributed by atoms with Crippen LogP contribution >= 0.6 is 0 Å². The number of aryl methyl sites for hydroxylation is 1. The number of carboxylic acids is 1. The van der Waals surface area contributed by atoms with Crippen LogP contribution in [0.4, 0.5) is 0 Å². The number of ether oxygens (including phenoxy) is 2. The van der Waals surface area contributed by atoms with Crippen molar-refractivity contribution >= 4 is 11.9 Å². The van der Waals surface area contributed by atoms with E-state index in [1.165, 1.54) is 5.56 Å². The summed E-state index contributed by atoms with van der Waals surface area (Å²) in [6.07, 6.45) is 0.810. The van der Waals surface area contributed by atoms with Gasteiger partial charge in [0.1, 0.15) is 5.75 Å². The van der Waals surface area contributed by atoms with E-state index in [0.29, 0.717) is 32.6 Å². The maximum atomic E-state index is 13.2. The molecule has 0 radical (unpaired) electrons. The number of carbonyl (C=O) groups excluding carboxylic acids is 1. The molecule has 0 aliphatic carbocycles. The minimum Gasteiger partial charge on any atom is -0.494 e. The van der Waals surface area contributed by atoms with Crippen molar-refractivity contribution in [2.24, 2.45) is 0 Å². The van der Waals surface area contributed by atoms with E-state index in [9.17, 15) is 9.59 Å². The molecule has 1 saturated heterocycles. The number of likely N-dealkylation sites (tertiary alicyclic amines) is 1. The largest absolute Gasteiger partial charge is 0.494 e. The molecule has 4 rings (SSSR count). The van der Waals surface area contributed by atoms with Crippen LogP contribution in [0, 0.1) is 6.92 Å². The molecule has 6 nitrogen and oxygen atoms in total. The van der Waals surface area contributed by atoms with Crippen LogP contribution in [0.3, 0.4) is 0 Å². The third kappa shape index (κ3) is 6.08. The second-order valence-electron chi connectivity index (χ2n) is 8.85. The Balaban J connectivity index is 1.61. The van der Waals surface area contributed by atoms with Crippen LogP contribution in [-0.2, 0) is 22.7 Å². The van der Waals surface area contributed by atoms with Crippen LogP contribution in [0.2, 0.25) is 0 Å². The molecular weight excluding hydrogens is 442 g/mol. The monoisotopic (exact) mass is 473 g/mol. The molecule has 1 fully saturated rings. The molecule has 0 saturated carbocycles. The topological polar surface area (TPSA) is 76.1 Å². The van der Waals surface area contributed by atoms with Gasteiger partial charge in [0.25, 0.3) is 0 Å². The van der Waals surface area contributed by atoms with Crippen molar-refractivity contribution in [1.29, 1.82) is 0 Å². The summed E-state index contributed by atoms with van der Waals surface area (Å²) in [4.78, 5) is 26.2. The predicted octanol–water partition coefficient (Wildman–Crippen LogP) is 5.54. The normalized spacial score (nSPS) is 17.9. The van der Waals surface area contributed by atoms with E-state index in [0.717, 1.165) is 22.4 Å². The van der Waals surface area contributed by atoms with Crippen LogP contribution in [0.5, 0.6) is 5.75 Å². The third-order valence-corrected chi connectivity index (χ3v) is 6.30. The van der Waals surface area contributed by atoms with Crippen molar-refractivity contribution in [3.63, 3.8) is 0 Å². The van der Waals surface area contributed by atoms with Crippen molar-refractivity contribution in [3.8, 4) is 5.75 Å². The van der Waals surface area contributed by atoms with E-state index < -0.39 is 5.97 Å². The molecule has 1 heterocycles. The number of piperidine rings is 1. The number of carboxylic acid groups (broad SMARTS) is 1. The minimum atomic E-state index is -0.954. The average molecular weight is 474 g/mol. The van der Waals surface area contributed by atoms with Gasteiger partial charge in [-0.2, -0.15) is 0 Å². The lowest BCUT2D eigenvalue weighted by atomic mass is 9.91. The Hall–Kier alpha value is -3.64. The second kappa shape index (κ2) is 11.2. The summed E-state index contributed by atoms with van der Waals surface area (Å²) in [5.41, 5.74) is 4.35. The van der Waals surface area contributed by atoms with E-state index in [4.69, 9.17) is 14.6 Å². The van der Waals surface area contributed by atoms with Crippen molar-refractivity contribution in [1.82, 2.24) is 4.90 Å². The Labute approximate surface area is 206 Å². The number of benzene rings is 3. The van der Waals surface area contributed by atoms with Crippen LogP contribution < -0.4 is 4.74 Å². The lowest BCUT2D eigenvalue weighted by Gasteiger charge is -2.41. The maximum absolute atomic E-state index is 13.2. The van der Waals surface area contributed by atoms with Gasteiger partial charge in [-0.3, -0.25) is 4.79 Å². The molecule has 35 heavy (non-hydrogen) atoms. The van der Waals surface area contributed by atoms with Gasteiger partial charge in [-0.1, -0.05) is 54.1 Å². The Morgan fingerprint density at radius 1 is 1.03 bits per heavy atom. The quantitative estimate of drug-likeness (QED) is 0.442. The fraction of sp³-hybridized carbons (Fsp3) is 0.310. The Bertz CT molecular complexity index is 1160. The van der Waals surface area contributed by atoms with Crippen LogP contribution in [0.25, 0.3) is 0 Å². The first-order chi connectivity index (χ1) is 16.9. The van der Waals surface area contributed by atoms with Gasteiger partial charge in [0.15, 0.2) is 0 Å². The van der Waals surface area contributed by atoms with Gasteiger partial charge >= 0.3 is 5.97 Å². The van der Waals surface area contributed by atoms with Crippen molar-refractivity contribution in [2.45, 2.75) is 52.0 Å². The summed E-state index contributed by atoms with van der Waals surface area (Å²) >= 11 is 0. The first-order valence-corrected chi connectivity index (χ1v) is 12.0. The van der Waals surface area contributed by atoms with Gasteiger partial charge < -0.3 is 19.5 Å². The zero-order valence-corrected chi connectivity index (χ0v) is 20.1. The molecule has 0 spiro atoms. The molecule has 3 aromatic rings. The van der Waals surface area contributed by atoms with Gasteiger partial charge in [0.05, 0.1) is 30.9 Å². The van der Waals surface area contributed by atoms with E-state index in [1.807, 2.05) is 43.0 Å². The number of rotatable bonds is 9. The lowest BCUT2D eigenvalue weighted by molar-refractivity contribution is -0.147. The highest BCUT2D eigenvalue weighted by Gasteiger charge is 2.37. The molecular formula is C29H31NO5. The van der Waals surface area contributed by atoms with Gasteiger partial charge in [-0.05, 0) is 61.2 Å². The van der Waals surface area contributed by atoms with Gasteiger partial charge in [-0.25, -0.2) is 4.79 Å². The highest BCUT2D eigenvalue weighted by atomic mass is 16.5. The molecule has 0 unspecified atom stereocenters. The zero-order valence-electron chi connectivity index (χ0n) is 20.1. The van der Waals surface area contributed by atoms with E-state index >= 15 is 0 Å². The lowest BCUT2D eigenvalue weighted by Crippen LogP contribution is -2.45. The highest BCUT2D eigenvalue weighted by Crippen LogP contribution is 2.37.